The van der Waals surface area contributed by atoms with E-state index in [0.29, 0.717) is 0 Å². The Morgan fingerprint density at radius 2 is 1.13 bits per heavy atom. The van der Waals surface area contributed by atoms with Gasteiger partial charge in [0, 0.05) is 49.7 Å². The summed E-state index contributed by atoms with van der Waals surface area (Å²) in [6, 6.07) is 13.7. The SMILES string of the molecule is CC[N+](CC)=c1c2ccc(N3CCCCC3)cc2oc2cc(N3CCCCC3)ccc12. The van der Waals surface area contributed by atoms with Crippen LogP contribution in [0.5, 0.6) is 0 Å². The molecule has 2 aliphatic heterocycles. The van der Waals surface area contributed by atoms with Gasteiger partial charge in [-0.2, -0.15) is 0 Å². The van der Waals surface area contributed by atoms with Crippen molar-refractivity contribution in [1.82, 2.24) is 4.58 Å². The van der Waals surface area contributed by atoms with Crippen molar-refractivity contribution in [3.8, 4) is 0 Å². The Hall–Kier alpha value is -2.49. The van der Waals surface area contributed by atoms with E-state index in [-0.39, 0.29) is 0 Å². The molecule has 1 aromatic heterocycles. The maximum atomic E-state index is 6.61. The minimum atomic E-state index is 0.993. The lowest BCUT2D eigenvalue weighted by molar-refractivity contribution is 0.576. The first kappa shape index (κ1) is 20.4. The topological polar surface area (TPSA) is 22.6 Å². The van der Waals surface area contributed by atoms with Crippen LogP contribution >= 0.6 is 0 Å². The van der Waals surface area contributed by atoms with E-state index < -0.39 is 0 Å². The molecule has 2 saturated heterocycles. The van der Waals surface area contributed by atoms with E-state index in [9.17, 15) is 0 Å². The molecule has 4 heteroatoms. The molecule has 2 aromatic carbocycles. The standard InChI is InChI=1S/C27H36N3O/c1-3-28(4-2)27-23-13-11-21(29-15-7-5-8-16-29)19-25(23)31-26-20-22(12-14-24(26)27)30-17-9-6-10-18-30/h11-14,19-20H,3-10,15-18H2,1-2H3/q+1. The largest absolute Gasteiger partial charge is 0.455 e. The van der Waals surface area contributed by atoms with Crippen molar-refractivity contribution in [2.75, 3.05) is 49.1 Å². The third-order valence-electron chi connectivity index (χ3n) is 7.18. The van der Waals surface area contributed by atoms with Crippen LogP contribution in [0.15, 0.2) is 40.8 Å². The van der Waals surface area contributed by atoms with Crippen LogP contribution in [0.4, 0.5) is 11.4 Å². The summed E-state index contributed by atoms with van der Waals surface area (Å²) in [4.78, 5) is 5.04. The van der Waals surface area contributed by atoms with Crippen LogP contribution in [0.1, 0.15) is 52.4 Å². The zero-order valence-electron chi connectivity index (χ0n) is 19.2. The van der Waals surface area contributed by atoms with E-state index in [4.69, 9.17) is 4.42 Å². The van der Waals surface area contributed by atoms with Crippen molar-refractivity contribution >= 4 is 33.3 Å². The van der Waals surface area contributed by atoms with Crippen LogP contribution in [-0.4, -0.2) is 39.3 Å². The summed E-state index contributed by atoms with van der Waals surface area (Å²) in [5.41, 5.74) is 4.61. The van der Waals surface area contributed by atoms with Gasteiger partial charge < -0.3 is 14.2 Å². The smallest absolute Gasteiger partial charge is 0.222 e. The lowest BCUT2D eigenvalue weighted by Crippen LogP contribution is -2.32. The number of hydrogen-bond donors (Lipinski definition) is 0. The van der Waals surface area contributed by atoms with E-state index >= 15 is 0 Å². The first-order valence-corrected chi connectivity index (χ1v) is 12.4. The Bertz CT molecular complexity index is 1050. The van der Waals surface area contributed by atoms with Gasteiger partial charge in [-0.05, 0) is 76.6 Å². The van der Waals surface area contributed by atoms with Crippen LogP contribution in [0.2, 0.25) is 0 Å². The minimum absolute atomic E-state index is 0.993. The highest BCUT2D eigenvalue weighted by molar-refractivity contribution is 5.92. The van der Waals surface area contributed by atoms with Gasteiger partial charge in [-0.1, -0.05) is 0 Å². The predicted molar refractivity (Wildman–Crippen MR) is 132 cm³/mol. The summed E-state index contributed by atoms with van der Waals surface area (Å²) in [5.74, 6) is 0. The maximum absolute atomic E-state index is 6.61. The quantitative estimate of drug-likeness (QED) is 0.420. The lowest BCUT2D eigenvalue weighted by Gasteiger charge is -2.29. The Kier molecular flexibility index (Phi) is 5.89. The third kappa shape index (κ3) is 3.93. The molecule has 0 saturated carbocycles. The molecule has 0 atom stereocenters. The molecule has 0 spiro atoms. The van der Waals surface area contributed by atoms with Crippen molar-refractivity contribution in [2.45, 2.75) is 52.4 Å². The molecule has 0 N–H and O–H groups in total. The van der Waals surface area contributed by atoms with Crippen LogP contribution in [0.3, 0.4) is 0 Å². The van der Waals surface area contributed by atoms with Crippen molar-refractivity contribution in [3.05, 3.63) is 41.8 Å². The van der Waals surface area contributed by atoms with E-state index in [0.717, 1.165) is 50.4 Å². The number of piperidine rings is 2. The monoisotopic (exact) mass is 418 g/mol. The molecule has 0 unspecified atom stereocenters. The van der Waals surface area contributed by atoms with E-state index in [1.54, 1.807) is 0 Å². The fraction of sp³-hybridized carbons (Fsp3) is 0.519. The van der Waals surface area contributed by atoms with Crippen molar-refractivity contribution < 1.29 is 4.42 Å². The van der Waals surface area contributed by atoms with Gasteiger partial charge in [-0.3, -0.25) is 0 Å². The number of hydrogen-bond acceptors (Lipinski definition) is 3. The summed E-state index contributed by atoms with van der Waals surface area (Å²) < 4.78 is 9.08. The van der Waals surface area contributed by atoms with E-state index in [2.05, 4.69) is 64.6 Å². The number of nitrogens with zero attached hydrogens (tertiary/aromatic N) is 3. The number of benzene rings is 2. The van der Waals surface area contributed by atoms with Crippen LogP contribution in [0.25, 0.3) is 21.9 Å². The van der Waals surface area contributed by atoms with Crippen molar-refractivity contribution in [1.29, 1.82) is 0 Å². The Labute approximate surface area is 185 Å². The Morgan fingerprint density at radius 1 is 0.677 bits per heavy atom. The van der Waals surface area contributed by atoms with Crippen molar-refractivity contribution in [2.24, 2.45) is 0 Å². The summed E-state index contributed by atoms with van der Waals surface area (Å²) in [6.45, 7) is 11.1. The average Bonchev–Trinajstić information content (AvgIpc) is 2.84. The molecule has 3 aromatic rings. The van der Waals surface area contributed by atoms with Gasteiger partial charge >= 0.3 is 0 Å². The fourth-order valence-electron chi connectivity index (χ4n) is 5.42. The van der Waals surface area contributed by atoms with E-state index in [1.807, 2.05) is 0 Å². The van der Waals surface area contributed by atoms with Gasteiger partial charge in [-0.15, -0.1) is 0 Å². The predicted octanol–water partition coefficient (Wildman–Crippen LogP) is 5.38. The molecule has 164 valence electrons. The van der Waals surface area contributed by atoms with Gasteiger partial charge in [0.15, 0.2) is 0 Å². The summed E-state index contributed by atoms with van der Waals surface area (Å²) in [6.07, 6.45) is 7.86. The summed E-state index contributed by atoms with van der Waals surface area (Å²) in [5, 5.41) is 3.77. The maximum Gasteiger partial charge on any atom is 0.222 e. The first-order valence-electron chi connectivity index (χ1n) is 12.4. The fourth-order valence-corrected chi connectivity index (χ4v) is 5.42. The highest BCUT2D eigenvalue weighted by Gasteiger charge is 2.18. The zero-order chi connectivity index (χ0) is 21.2. The van der Waals surface area contributed by atoms with Crippen LogP contribution in [0, 0.1) is 0 Å². The molecule has 3 heterocycles. The molecule has 2 fully saturated rings. The Morgan fingerprint density at radius 3 is 1.55 bits per heavy atom. The second-order valence-electron chi connectivity index (χ2n) is 9.08. The number of rotatable bonds is 4. The molecule has 0 aliphatic carbocycles. The van der Waals surface area contributed by atoms with E-state index in [1.165, 1.54) is 66.0 Å². The molecule has 5 rings (SSSR count). The molecular formula is C27H36N3O+. The average molecular weight is 419 g/mol. The molecule has 2 aliphatic rings. The van der Waals surface area contributed by atoms with Crippen LogP contribution < -0.4 is 19.7 Å². The second-order valence-corrected chi connectivity index (χ2v) is 9.08. The highest BCUT2D eigenvalue weighted by atomic mass is 16.3. The second kappa shape index (κ2) is 8.94. The lowest BCUT2D eigenvalue weighted by atomic mass is 10.1. The number of anilines is 2. The van der Waals surface area contributed by atoms with Gasteiger partial charge in [-0.25, -0.2) is 4.58 Å². The molecule has 4 nitrogen and oxygen atoms in total. The normalized spacial score (nSPS) is 17.5. The molecule has 0 radical (unpaired) electrons. The molecular weight excluding hydrogens is 382 g/mol. The van der Waals surface area contributed by atoms with Crippen molar-refractivity contribution in [3.63, 3.8) is 0 Å². The third-order valence-corrected chi connectivity index (χ3v) is 7.18. The van der Waals surface area contributed by atoms with Gasteiger partial charge in [0.1, 0.15) is 24.3 Å². The van der Waals surface area contributed by atoms with Crippen LogP contribution in [-0.2, 0) is 0 Å². The van der Waals surface area contributed by atoms with Gasteiger partial charge in [0.05, 0.1) is 10.8 Å². The molecule has 0 bridgehead atoms. The number of fused-ring (bicyclic) bond motifs is 2. The Balaban J connectivity index is 1.71. The summed E-state index contributed by atoms with van der Waals surface area (Å²) >= 11 is 0. The van der Waals surface area contributed by atoms with Gasteiger partial charge in [0.2, 0.25) is 5.36 Å². The molecule has 0 amide bonds. The highest BCUT2D eigenvalue weighted by Crippen LogP contribution is 2.29. The zero-order valence-corrected chi connectivity index (χ0v) is 19.2. The molecule has 31 heavy (non-hydrogen) atoms. The minimum Gasteiger partial charge on any atom is -0.455 e. The van der Waals surface area contributed by atoms with Gasteiger partial charge in [0.25, 0.3) is 0 Å². The summed E-state index contributed by atoms with van der Waals surface area (Å²) in [7, 11) is 0. The first-order chi connectivity index (χ1) is 15.3.